The van der Waals surface area contributed by atoms with Gasteiger partial charge in [-0.05, 0) is 81.5 Å². The first kappa shape index (κ1) is 22.7. The van der Waals surface area contributed by atoms with Crippen LogP contribution in [0, 0.1) is 0 Å². The van der Waals surface area contributed by atoms with E-state index in [-0.39, 0.29) is 24.7 Å². The number of benzene rings is 1. The van der Waals surface area contributed by atoms with E-state index in [4.69, 9.17) is 13.9 Å². The molecule has 1 aromatic carbocycles. The lowest BCUT2D eigenvalue weighted by Crippen LogP contribution is -2.21. The first-order valence-electron chi connectivity index (χ1n) is 11.9. The second kappa shape index (κ2) is 9.62. The summed E-state index contributed by atoms with van der Waals surface area (Å²) in [7, 11) is 0. The van der Waals surface area contributed by atoms with E-state index in [1.165, 1.54) is 11.3 Å². The van der Waals surface area contributed by atoms with E-state index in [1.807, 2.05) is 6.07 Å². The number of aryl methyl sites for hydroxylation is 2. The van der Waals surface area contributed by atoms with E-state index in [0.717, 1.165) is 78.3 Å². The summed E-state index contributed by atoms with van der Waals surface area (Å²) in [4.78, 5) is 38.8. The van der Waals surface area contributed by atoms with Crippen LogP contribution in [0.3, 0.4) is 0 Å². The molecule has 0 atom stereocenters. The van der Waals surface area contributed by atoms with Crippen LogP contribution in [0.2, 0.25) is 0 Å². The van der Waals surface area contributed by atoms with Crippen molar-refractivity contribution in [3.63, 3.8) is 0 Å². The molecule has 1 N–H and O–H groups in total. The fraction of sp³-hybridized carbons (Fsp3) is 0.423. The number of rotatable bonds is 6. The molecule has 178 valence electrons. The SMILES string of the molecule is CCOC(=O)c1c(NC(=O)COc2ccc3c4c(c(=O)oc3c2)CCCC4)sc2c1CCCC2. The number of fused-ring (bicyclic) bond motifs is 4. The van der Waals surface area contributed by atoms with Crippen molar-refractivity contribution in [1.82, 2.24) is 0 Å². The number of hydrogen-bond acceptors (Lipinski definition) is 7. The van der Waals surface area contributed by atoms with Gasteiger partial charge in [-0.25, -0.2) is 9.59 Å². The van der Waals surface area contributed by atoms with Crippen LogP contribution in [0.15, 0.2) is 27.4 Å². The summed E-state index contributed by atoms with van der Waals surface area (Å²) in [6.45, 7) is 1.82. The van der Waals surface area contributed by atoms with Crippen LogP contribution in [-0.2, 0) is 35.2 Å². The highest BCUT2D eigenvalue weighted by atomic mass is 32.1. The third-order valence-corrected chi connectivity index (χ3v) is 7.68. The van der Waals surface area contributed by atoms with Gasteiger partial charge in [0.15, 0.2) is 6.61 Å². The maximum absolute atomic E-state index is 12.7. The van der Waals surface area contributed by atoms with Crippen molar-refractivity contribution >= 4 is 39.2 Å². The molecule has 34 heavy (non-hydrogen) atoms. The fourth-order valence-corrected chi connectivity index (χ4v) is 6.19. The van der Waals surface area contributed by atoms with Gasteiger partial charge in [0, 0.05) is 21.9 Å². The van der Waals surface area contributed by atoms with Gasteiger partial charge in [0.2, 0.25) is 0 Å². The summed E-state index contributed by atoms with van der Waals surface area (Å²) in [5.74, 6) is -0.320. The number of carbonyl (C=O) groups excluding carboxylic acids is 2. The zero-order chi connectivity index (χ0) is 23.7. The normalized spacial score (nSPS) is 14.9. The molecule has 2 aliphatic rings. The van der Waals surface area contributed by atoms with Crippen LogP contribution in [0.5, 0.6) is 5.75 Å². The molecular formula is C26H27NO6S. The fourth-order valence-electron chi connectivity index (χ4n) is 4.90. The van der Waals surface area contributed by atoms with E-state index in [2.05, 4.69) is 5.32 Å². The Hall–Kier alpha value is -3.13. The van der Waals surface area contributed by atoms with Gasteiger partial charge in [0.1, 0.15) is 16.3 Å². The number of nitrogens with one attached hydrogen (secondary N) is 1. The minimum absolute atomic E-state index is 0.231. The third kappa shape index (κ3) is 4.34. The number of anilines is 1. The Morgan fingerprint density at radius 3 is 2.56 bits per heavy atom. The molecule has 3 aromatic rings. The van der Waals surface area contributed by atoms with Crippen LogP contribution in [0.4, 0.5) is 5.00 Å². The molecule has 7 nitrogen and oxygen atoms in total. The molecule has 2 aliphatic carbocycles. The average molecular weight is 482 g/mol. The van der Waals surface area contributed by atoms with Gasteiger partial charge in [-0.15, -0.1) is 11.3 Å². The molecular weight excluding hydrogens is 454 g/mol. The van der Waals surface area contributed by atoms with Gasteiger partial charge in [-0.3, -0.25) is 4.79 Å². The van der Waals surface area contributed by atoms with Gasteiger partial charge in [-0.1, -0.05) is 0 Å². The third-order valence-electron chi connectivity index (χ3n) is 6.47. The molecule has 0 radical (unpaired) electrons. The van der Waals surface area contributed by atoms with Crippen LogP contribution in [-0.4, -0.2) is 25.1 Å². The minimum Gasteiger partial charge on any atom is -0.484 e. The van der Waals surface area contributed by atoms with Crippen molar-refractivity contribution in [2.45, 2.75) is 58.3 Å². The maximum Gasteiger partial charge on any atom is 0.341 e. The van der Waals surface area contributed by atoms with Crippen molar-refractivity contribution in [3.05, 3.63) is 55.8 Å². The molecule has 0 saturated heterocycles. The molecule has 0 bridgehead atoms. The van der Waals surface area contributed by atoms with E-state index >= 15 is 0 Å². The Morgan fingerprint density at radius 1 is 1.03 bits per heavy atom. The van der Waals surface area contributed by atoms with E-state index in [0.29, 0.717) is 21.9 Å². The molecule has 0 saturated carbocycles. The smallest absolute Gasteiger partial charge is 0.341 e. The monoisotopic (exact) mass is 481 g/mol. The first-order valence-corrected chi connectivity index (χ1v) is 12.7. The summed E-state index contributed by atoms with van der Waals surface area (Å²) in [6, 6.07) is 5.34. The summed E-state index contributed by atoms with van der Waals surface area (Å²) in [5, 5.41) is 4.29. The summed E-state index contributed by atoms with van der Waals surface area (Å²) < 4.78 is 16.5. The van der Waals surface area contributed by atoms with Crippen LogP contribution in [0.25, 0.3) is 11.0 Å². The molecule has 0 aliphatic heterocycles. The zero-order valence-corrected chi connectivity index (χ0v) is 20.0. The van der Waals surface area contributed by atoms with Gasteiger partial charge < -0.3 is 19.2 Å². The Morgan fingerprint density at radius 2 is 1.76 bits per heavy atom. The highest BCUT2D eigenvalue weighted by Gasteiger charge is 2.27. The Labute approximate surface area is 201 Å². The number of amides is 1. The van der Waals surface area contributed by atoms with Crippen molar-refractivity contribution in [2.24, 2.45) is 0 Å². The lowest BCUT2D eigenvalue weighted by Gasteiger charge is -2.16. The predicted octanol–water partition coefficient (Wildman–Crippen LogP) is 4.81. The lowest BCUT2D eigenvalue weighted by atomic mass is 9.91. The molecule has 1 amide bonds. The van der Waals surface area contributed by atoms with Crippen molar-refractivity contribution in [2.75, 3.05) is 18.5 Å². The number of ether oxygens (including phenoxy) is 2. The quantitative estimate of drug-likeness (QED) is 0.401. The van der Waals surface area contributed by atoms with Gasteiger partial charge in [0.05, 0.1) is 12.2 Å². The Kier molecular flexibility index (Phi) is 6.41. The summed E-state index contributed by atoms with van der Waals surface area (Å²) in [6.07, 6.45) is 7.51. The topological polar surface area (TPSA) is 94.8 Å². The number of carbonyl (C=O) groups is 2. The van der Waals surface area contributed by atoms with Gasteiger partial charge >= 0.3 is 11.6 Å². The van der Waals surface area contributed by atoms with E-state index in [1.54, 1.807) is 19.1 Å². The average Bonchev–Trinajstić information content (AvgIpc) is 3.20. The second-order valence-electron chi connectivity index (χ2n) is 8.68. The van der Waals surface area contributed by atoms with Crippen molar-refractivity contribution < 1.29 is 23.5 Å². The number of thiophene rings is 1. The van der Waals surface area contributed by atoms with Crippen molar-refractivity contribution in [3.8, 4) is 5.75 Å². The summed E-state index contributed by atoms with van der Waals surface area (Å²) >= 11 is 1.44. The largest absolute Gasteiger partial charge is 0.484 e. The molecule has 5 rings (SSSR count). The Balaban J connectivity index is 1.32. The first-order chi connectivity index (χ1) is 16.5. The standard InChI is InChI=1S/C26H27NO6S/c1-2-31-26(30)23-19-9-5-6-10-21(19)34-24(23)27-22(28)14-32-15-11-12-17-16-7-3-4-8-18(16)25(29)33-20(17)13-15/h11-13H,2-10,14H2,1H3,(H,27,28). The summed E-state index contributed by atoms with van der Waals surface area (Å²) in [5.41, 5.74) is 3.51. The number of esters is 1. The predicted molar refractivity (Wildman–Crippen MR) is 130 cm³/mol. The molecule has 0 unspecified atom stereocenters. The van der Waals surface area contributed by atoms with E-state index in [9.17, 15) is 14.4 Å². The second-order valence-corrected chi connectivity index (χ2v) is 9.79. The number of hydrogen-bond donors (Lipinski definition) is 1. The molecule has 2 aromatic heterocycles. The van der Waals surface area contributed by atoms with Crippen LogP contribution < -0.4 is 15.7 Å². The van der Waals surface area contributed by atoms with Crippen molar-refractivity contribution in [1.29, 1.82) is 0 Å². The van der Waals surface area contributed by atoms with E-state index < -0.39 is 5.97 Å². The Bertz CT molecular complexity index is 1320. The van der Waals surface area contributed by atoms with Gasteiger partial charge in [0.25, 0.3) is 5.91 Å². The highest BCUT2D eigenvalue weighted by Crippen LogP contribution is 2.38. The molecule has 8 heteroatoms. The molecule has 2 heterocycles. The van der Waals surface area contributed by atoms with Gasteiger partial charge in [-0.2, -0.15) is 0 Å². The maximum atomic E-state index is 12.7. The lowest BCUT2D eigenvalue weighted by molar-refractivity contribution is -0.118. The highest BCUT2D eigenvalue weighted by molar-refractivity contribution is 7.17. The minimum atomic E-state index is -0.397. The molecule has 0 fully saturated rings. The zero-order valence-electron chi connectivity index (χ0n) is 19.2. The van der Waals surface area contributed by atoms with Crippen LogP contribution in [0.1, 0.15) is 64.5 Å². The van der Waals surface area contributed by atoms with Crippen LogP contribution >= 0.6 is 11.3 Å². The molecule has 0 spiro atoms.